The van der Waals surface area contributed by atoms with Crippen LogP contribution in [-0.4, -0.2) is 27.8 Å². The van der Waals surface area contributed by atoms with Crippen LogP contribution in [0.4, 0.5) is 5.69 Å². The highest BCUT2D eigenvalue weighted by atomic mass is 32.1. The standard InChI is InChI=1S/C20H21N3O2S/c1-3-5-14(2)6-4-11-23-12-8-15-17-16(21-10-13-24)7-9-22-19(17)26-18(15)20(23)25/h3-9,11-12,24H,10,13H2,1-2H3,(H,21,22)/b5-3-,11-4+,14-6-. The summed E-state index contributed by atoms with van der Waals surface area (Å²) < 4.78 is 2.25. The summed E-state index contributed by atoms with van der Waals surface area (Å²) in [6.07, 6.45) is 13.1. The van der Waals surface area contributed by atoms with E-state index < -0.39 is 0 Å². The second-order valence-electron chi connectivity index (χ2n) is 5.81. The molecule has 0 radical (unpaired) electrons. The number of pyridine rings is 2. The molecule has 3 heterocycles. The van der Waals surface area contributed by atoms with E-state index in [2.05, 4.69) is 10.3 Å². The molecule has 0 aliphatic heterocycles. The third kappa shape index (κ3) is 3.61. The number of thiophene rings is 1. The lowest BCUT2D eigenvalue weighted by atomic mass is 10.2. The minimum absolute atomic E-state index is 0.0453. The first-order valence-corrected chi connectivity index (χ1v) is 9.22. The van der Waals surface area contributed by atoms with E-state index >= 15 is 0 Å². The number of rotatable bonds is 6. The molecule has 0 saturated heterocycles. The normalized spacial score (nSPS) is 12.8. The summed E-state index contributed by atoms with van der Waals surface area (Å²) in [5.74, 6) is 0. The predicted octanol–water partition coefficient (Wildman–Crippen LogP) is 4.01. The van der Waals surface area contributed by atoms with Gasteiger partial charge in [-0.3, -0.25) is 9.36 Å². The van der Waals surface area contributed by atoms with Gasteiger partial charge in [-0.05, 0) is 32.1 Å². The first kappa shape index (κ1) is 18.1. The zero-order valence-corrected chi connectivity index (χ0v) is 15.6. The quantitative estimate of drug-likeness (QED) is 0.646. The first-order chi connectivity index (χ1) is 12.7. The molecule has 3 aromatic rings. The summed E-state index contributed by atoms with van der Waals surface area (Å²) in [6, 6.07) is 3.80. The molecule has 3 aromatic heterocycles. The van der Waals surface area contributed by atoms with Crippen LogP contribution in [0.25, 0.3) is 26.5 Å². The summed E-state index contributed by atoms with van der Waals surface area (Å²) in [7, 11) is 0. The van der Waals surface area contributed by atoms with E-state index in [1.165, 1.54) is 11.3 Å². The molecular weight excluding hydrogens is 346 g/mol. The maximum Gasteiger partial charge on any atom is 0.272 e. The van der Waals surface area contributed by atoms with Crippen LogP contribution in [0.3, 0.4) is 0 Å². The van der Waals surface area contributed by atoms with Gasteiger partial charge in [0.2, 0.25) is 0 Å². The lowest BCUT2D eigenvalue weighted by molar-refractivity contribution is 0.311. The lowest BCUT2D eigenvalue weighted by Crippen LogP contribution is -2.13. The molecular formula is C20H21N3O2S. The average molecular weight is 367 g/mol. The molecule has 0 spiro atoms. The van der Waals surface area contributed by atoms with Crippen molar-refractivity contribution >= 4 is 43.5 Å². The Bertz CT molecular complexity index is 1070. The van der Waals surface area contributed by atoms with Gasteiger partial charge >= 0.3 is 0 Å². The molecule has 0 unspecified atom stereocenters. The van der Waals surface area contributed by atoms with E-state index in [1.807, 2.05) is 50.3 Å². The third-order valence-corrected chi connectivity index (χ3v) is 5.02. The van der Waals surface area contributed by atoms with Crippen LogP contribution in [0.1, 0.15) is 13.8 Å². The van der Waals surface area contributed by atoms with Crippen molar-refractivity contribution in [1.29, 1.82) is 0 Å². The Morgan fingerprint density at radius 1 is 1.42 bits per heavy atom. The van der Waals surface area contributed by atoms with Crippen LogP contribution in [0.2, 0.25) is 0 Å². The summed E-state index contributed by atoms with van der Waals surface area (Å²) in [5.41, 5.74) is 1.93. The minimum atomic E-state index is -0.0630. The number of aliphatic hydroxyl groups is 1. The van der Waals surface area contributed by atoms with Crippen molar-refractivity contribution in [1.82, 2.24) is 9.55 Å². The van der Waals surface area contributed by atoms with Crippen LogP contribution in [0.15, 0.2) is 59.2 Å². The first-order valence-electron chi connectivity index (χ1n) is 8.40. The molecule has 2 N–H and O–H groups in total. The summed E-state index contributed by atoms with van der Waals surface area (Å²) >= 11 is 1.39. The van der Waals surface area contributed by atoms with Crippen molar-refractivity contribution < 1.29 is 5.11 Å². The van der Waals surface area contributed by atoms with Gasteiger partial charge in [0.05, 0.1) is 6.61 Å². The molecule has 5 nitrogen and oxygen atoms in total. The van der Waals surface area contributed by atoms with Crippen LogP contribution in [0, 0.1) is 0 Å². The smallest absolute Gasteiger partial charge is 0.272 e. The number of allylic oxidation sites excluding steroid dienone is 5. The zero-order chi connectivity index (χ0) is 18.5. The lowest BCUT2D eigenvalue weighted by Gasteiger charge is -2.06. The number of anilines is 1. The number of hydrogen-bond acceptors (Lipinski definition) is 5. The van der Waals surface area contributed by atoms with Crippen LogP contribution in [-0.2, 0) is 0 Å². The highest BCUT2D eigenvalue weighted by Crippen LogP contribution is 2.35. The van der Waals surface area contributed by atoms with Crippen LogP contribution >= 0.6 is 11.3 Å². The predicted molar refractivity (Wildman–Crippen MR) is 111 cm³/mol. The molecule has 26 heavy (non-hydrogen) atoms. The maximum atomic E-state index is 12.8. The van der Waals surface area contributed by atoms with Crippen molar-refractivity contribution in [3.63, 3.8) is 0 Å². The summed E-state index contributed by atoms with van der Waals surface area (Å²) in [5, 5.41) is 14.1. The number of hydrogen-bond donors (Lipinski definition) is 2. The van der Waals surface area contributed by atoms with Gasteiger partial charge in [0, 0.05) is 41.6 Å². The number of nitrogens with zero attached hydrogens (tertiary/aromatic N) is 2. The summed E-state index contributed by atoms with van der Waals surface area (Å²) in [4.78, 5) is 18.0. The van der Waals surface area contributed by atoms with Crippen LogP contribution < -0.4 is 10.9 Å². The van der Waals surface area contributed by atoms with E-state index in [9.17, 15) is 4.79 Å². The Balaban J connectivity index is 2.07. The van der Waals surface area contributed by atoms with Crippen molar-refractivity contribution in [2.45, 2.75) is 13.8 Å². The maximum absolute atomic E-state index is 12.8. The molecule has 0 bridgehead atoms. The number of fused-ring (bicyclic) bond motifs is 3. The van der Waals surface area contributed by atoms with Gasteiger partial charge in [0.1, 0.15) is 9.53 Å². The van der Waals surface area contributed by atoms with E-state index in [0.717, 1.165) is 26.9 Å². The largest absolute Gasteiger partial charge is 0.395 e. The van der Waals surface area contributed by atoms with E-state index in [4.69, 9.17) is 5.11 Å². The fourth-order valence-electron chi connectivity index (χ4n) is 2.76. The van der Waals surface area contributed by atoms with E-state index in [-0.39, 0.29) is 12.2 Å². The summed E-state index contributed by atoms with van der Waals surface area (Å²) in [6.45, 7) is 4.48. The fourth-order valence-corrected chi connectivity index (χ4v) is 3.87. The Labute approximate surface area is 155 Å². The van der Waals surface area contributed by atoms with Crippen molar-refractivity contribution in [3.8, 4) is 0 Å². The highest BCUT2D eigenvalue weighted by molar-refractivity contribution is 7.25. The van der Waals surface area contributed by atoms with E-state index in [0.29, 0.717) is 11.2 Å². The molecule has 0 aliphatic carbocycles. The Morgan fingerprint density at radius 2 is 2.27 bits per heavy atom. The van der Waals surface area contributed by atoms with Gasteiger partial charge in [0.25, 0.3) is 5.56 Å². The van der Waals surface area contributed by atoms with Crippen molar-refractivity contribution in [2.75, 3.05) is 18.5 Å². The molecule has 0 aliphatic rings. The Morgan fingerprint density at radius 3 is 3.04 bits per heavy atom. The van der Waals surface area contributed by atoms with E-state index in [1.54, 1.807) is 23.2 Å². The molecule has 0 saturated carbocycles. The molecule has 0 amide bonds. The third-order valence-electron chi connectivity index (χ3n) is 3.92. The highest BCUT2D eigenvalue weighted by Gasteiger charge is 2.13. The molecule has 3 rings (SSSR count). The molecule has 0 atom stereocenters. The average Bonchev–Trinajstić information content (AvgIpc) is 3.02. The minimum Gasteiger partial charge on any atom is -0.395 e. The van der Waals surface area contributed by atoms with Gasteiger partial charge in [-0.25, -0.2) is 4.98 Å². The second-order valence-corrected chi connectivity index (χ2v) is 6.81. The fraction of sp³-hybridized carbons (Fsp3) is 0.200. The van der Waals surface area contributed by atoms with Gasteiger partial charge < -0.3 is 10.4 Å². The monoisotopic (exact) mass is 367 g/mol. The Hall–Kier alpha value is -2.70. The Kier molecular flexibility index (Phi) is 5.65. The second kappa shape index (κ2) is 8.12. The van der Waals surface area contributed by atoms with Gasteiger partial charge in [-0.2, -0.15) is 0 Å². The van der Waals surface area contributed by atoms with Crippen LogP contribution in [0.5, 0.6) is 0 Å². The molecule has 134 valence electrons. The number of aromatic nitrogens is 2. The number of nitrogens with one attached hydrogen (secondary N) is 1. The molecule has 0 aromatic carbocycles. The van der Waals surface area contributed by atoms with Gasteiger partial charge in [0.15, 0.2) is 0 Å². The topological polar surface area (TPSA) is 67.2 Å². The van der Waals surface area contributed by atoms with Crippen molar-refractivity contribution in [3.05, 3.63) is 64.8 Å². The van der Waals surface area contributed by atoms with Gasteiger partial charge in [-0.1, -0.05) is 23.8 Å². The zero-order valence-electron chi connectivity index (χ0n) is 14.8. The van der Waals surface area contributed by atoms with Crippen molar-refractivity contribution in [2.24, 2.45) is 0 Å². The SMILES string of the molecule is C\C=C/C(C)=C\C=C\n1ccc2c(sc3nccc(NCCO)c32)c1=O. The van der Waals surface area contributed by atoms with Gasteiger partial charge in [-0.15, -0.1) is 11.3 Å². The molecule has 6 heteroatoms. The number of aliphatic hydroxyl groups excluding tert-OH is 1. The molecule has 0 fully saturated rings.